The first-order valence-electron chi connectivity index (χ1n) is 6.18. The largest absolute Gasteiger partial charge is 0.493 e. The maximum absolute atomic E-state index is 8.95. The van der Waals surface area contributed by atoms with E-state index in [0.717, 1.165) is 29.9 Å². The minimum Gasteiger partial charge on any atom is -0.493 e. The van der Waals surface area contributed by atoms with Crippen LogP contribution >= 0.6 is 0 Å². The lowest BCUT2D eigenvalue weighted by atomic mass is 9.96. The van der Waals surface area contributed by atoms with Crippen molar-refractivity contribution in [3.8, 4) is 11.5 Å². The van der Waals surface area contributed by atoms with E-state index in [1.54, 1.807) is 7.11 Å². The molecule has 4 heteroatoms. The number of rotatable bonds is 5. The molecule has 0 saturated heterocycles. The van der Waals surface area contributed by atoms with Crippen molar-refractivity contribution in [1.82, 2.24) is 0 Å². The lowest BCUT2D eigenvalue weighted by Crippen LogP contribution is -2.24. The number of carbonyl (C=O) groups is 1. The van der Waals surface area contributed by atoms with E-state index in [2.05, 4.69) is 11.3 Å². The lowest BCUT2D eigenvalue weighted by Gasteiger charge is -2.27. The molecule has 1 saturated carbocycles. The summed E-state index contributed by atoms with van der Waals surface area (Å²) in [6.45, 7) is 4.12. The highest BCUT2D eigenvalue weighted by molar-refractivity contribution is 5.54. The summed E-state index contributed by atoms with van der Waals surface area (Å²) in [5.74, 6) is 1.63. The summed E-state index contributed by atoms with van der Waals surface area (Å²) in [5.41, 5.74) is 1.06. The summed E-state index contributed by atoms with van der Waals surface area (Å²) in [4.78, 5) is 8.95. The SMILES string of the molecule is C=Cc1ccc(OC)c(OC2CCC2)c1.COC=O. The van der Waals surface area contributed by atoms with Gasteiger partial charge in [-0.05, 0) is 37.0 Å². The topological polar surface area (TPSA) is 44.8 Å². The maximum atomic E-state index is 8.95. The van der Waals surface area contributed by atoms with E-state index in [9.17, 15) is 0 Å². The molecule has 0 radical (unpaired) electrons. The molecular formula is C15H20O4. The molecule has 1 aliphatic carbocycles. The molecule has 0 heterocycles. The first-order chi connectivity index (χ1) is 9.24. The van der Waals surface area contributed by atoms with Crippen molar-refractivity contribution in [2.24, 2.45) is 0 Å². The Kier molecular flexibility index (Phi) is 6.50. The van der Waals surface area contributed by atoms with Crippen molar-refractivity contribution in [2.45, 2.75) is 25.4 Å². The fourth-order valence-corrected chi connectivity index (χ4v) is 1.58. The van der Waals surface area contributed by atoms with Gasteiger partial charge in [-0.15, -0.1) is 0 Å². The molecule has 1 fully saturated rings. The Hall–Kier alpha value is -1.97. The summed E-state index contributed by atoms with van der Waals surface area (Å²) < 4.78 is 15.0. The molecule has 1 aromatic carbocycles. The van der Waals surface area contributed by atoms with Gasteiger partial charge in [-0.1, -0.05) is 18.7 Å². The number of ether oxygens (including phenoxy) is 3. The van der Waals surface area contributed by atoms with E-state index in [1.807, 2.05) is 24.3 Å². The number of hydrogen-bond donors (Lipinski definition) is 0. The van der Waals surface area contributed by atoms with Gasteiger partial charge in [-0.3, -0.25) is 4.79 Å². The molecule has 0 atom stereocenters. The molecule has 0 aliphatic heterocycles. The average molecular weight is 264 g/mol. The number of carbonyl (C=O) groups excluding carboxylic acids is 1. The van der Waals surface area contributed by atoms with Crippen LogP contribution in [0.15, 0.2) is 24.8 Å². The van der Waals surface area contributed by atoms with Gasteiger partial charge in [-0.2, -0.15) is 0 Å². The second-order valence-electron chi connectivity index (χ2n) is 4.12. The minimum atomic E-state index is 0.374. The Labute approximate surface area is 114 Å². The first kappa shape index (κ1) is 15.1. The zero-order valence-corrected chi connectivity index (χ0v) is 11.4. The Morgan fingerprint density at radius 3 is 2.37 bits per heavy atom. The van der Waals surface area contributed by atoms with Crippen molar-refractivity contribution >= 4 is 12.5 Å². The zero-order chi connectivity index (χ0) is 14.1. The van der Waals surface area contributed by atoms with Crippen LogP contribution in [0.3, 0.4) is 0 Å². The van der Waals surface area contributed by atoms with Crippen LogP contribution in [0.5, 0.6) is 11.5 Å². The first-order valence-corrected chi connectivity index (χ1v) is 6.18. The van der Waals surface area contributed by atoms with E-state index in [0.29, 0.717) is 12.6 Å². The fraction of sp³-hybridized carbons (Fsp3) is 0.400. The predicted octanol–water partition coefficient (Wildman–Crippen LogP) is 3.06. The van der Waals surface area contributed by atoms with Crippen LogP contribution in [0.25, 0.3) is 6.08 Å². The van der Waals surface area contributed by atoms with Crippen LogP contribution < -0.4 is 9.47 Å². The molecule has 1 aromatic rings. The summed E-state index contributed by atoms with van der Waals surface area (Å²) in [6.07, 6.45) is 5.77. The summed E-state index contributed by atoms with van der Waals surface area (Å²) in [5, 5.41) is 0. The van der Waals surface area contributed by atoms with Crippen molar-refractivity contribution in [3.05, 3.63) is 30.3 Å². The van der Waals surface area contributed by atoms with Crippen LogP contribution in [0.2, 0.25) is 0 Å². The number of methoxy groups -OCH3 is 2. The highest BCUT2D eigenvalue weighted by Crippen LogP contribution is 2.33. The highest BCUT2D eigenvalue weighted by atomic mass is 16.5. The molecule has 104 valence electrons. The van der Waals surface area contributed by atoms with Gasteiger partial charge in [0.05, 0.1) is 20.3 Å². The van der Waals surface area contributed by atoms with E-state index in [-0.39, 0.29) is 0 Å². The number of hydrogen-bond acceptors (Lipinski definition) is 4. The van der Waals surface area contributed by atoms with Gasteiger partial charge in [0.15, 0.2) is 11.5 Å². The normalized spacial score (nSPS) is 13.4. The summed E-state index contributed by atoms with van der Waals surface area (Å²) >= 11 is 0. The van der Waals surface area contributed by atoms with Crippen molar-refractivity contribution in [3.63, 3.8) is 0 Å². The van der Waals surface area contributed by atoms with Crippen LogP contribution in [-0.4, -0.2) is 26.8 Å². The summed E-state index contributed by atoms with van der Waals surface area (Å²) in [6, 6.07) is 5.87. The summed E-state index contributed by atoms with van der Waals surface area (Å²) in [7, 11) is 2.98. The smallest absolute Gasteiger partial charge is 0.292 e. The standard InChI is InChI=1S/C13H16O2.C2H4O2/c1-3-10-7-8-12(14-2)13(9-10)15-11-5-4-6-11;1-4-2-3/h3,7-9,11H,1,4-6H2,2H3;2H,1H3. The maximum Gasteiger partial charge on any atom is 0.292 e. The molecule has 0 unspecified atom stereocenters. The molecule has 0 N–H and O–H groups in total. The third-order valence-corrected chi connectivity index (χ3v) is 2.87. The Balaban J connectivity index is 0.000000399. The van der Waals surface area contributed by atoms with Gasteiger partial charge in [0, 0.05) is 0 Å². The highest BCUT2D eigenvalue weighted by Gasteiger charge is 2.20. The van der Waals surface area contributed by atoms with Crippen LogP contribution in [0, 0.1) is 0 Å². The molecule has 0 spiro atoms. The van der Waals surface area contributed by atoms with E-state index in [4.69, 9.17) is 14.3 Å². The molecule has 1 aliphatic rings. The Morgan fingerprint density at radius 1 is 1.26 bits per heavy atom. The third kappa shape index (κ3) is 4.66. The van der Waals surface area contributed by atoms with Gasteiger partial charge in [0.25, 0.3) is 6.47 Å². The zero-order valence-electron chi connectivity index (χ0n) is 11.4. The number of benzene rings is 1. The third-order valence-electron chi connectivity index (χ3n) is 2.87. The van der Waals surface area contributed by atoms with Gasteiger partial charge in [-0.25, -0.2) is 0 Å². The minimum absolute atomic E-state index is 0.374. The lowest BCUT2D eigenvalue weighted by molar-refractivity contribution is -0.126. The van der Waals surface area contributed by atoms with Crippen molar-refractivity contribution in [2.75, 3.05) is 14.2 Å². The fourth-order valence-electron chi connectivity index (χ4n) is 1.58. The molecule has 0 amide bonds. The van der Waals surface area contributed by atoms with Gasteiger partial charge < -0.3 is 14.2 Å². The van der Waals surface area contributed by atoms with Gasteiger partial charge in [0.1, 0.15) is 0 Å². The van der Waals surface area contributed by atoms with Crippen LogP contribution in [-0.2, 0) is 9.53 Å². The molecule has 0 aromatic heterocycles. The average Bonchev–Trinajstić information content (AvgIpc) is 2.42. The molecule has 4 nitrogen and oxygen atoms in total. The second-order valence-corrected chi connectivity index (χ2v) is 4.12. The second kappa shape index (κ2) is 8.19. The van der Waals surface area contributed by atoms with Crippen molar-refractivity contribution in [1.29, 1.82) is 0 Å². The van der Waals surface area contributed by atoms with Crippen LogP contribution in [0.1, 0.15) is 24.8 Å². The van der Waals surface area contributed by atoms with E-state index < -0.39 is 0 Å². The molecule has 19 heavy (non-hydrogen) atoms. The van der Waals surface area contributed by atoms with Gasteiger partial charge >= 0.3 is 0 Å². The molecule has 2 rings (SSSR count). The van der Waals surface area contributed by atoms with Crippen LogP contribution in [0.4, 0.5) is 0 Å². The monoisotopic (exact) mass is 264 g/mol. The quantitative estimate of drug-likeness (QED) is 0.767. The molecule has 0 bridgehead atoms. The van der Waals surface area contributed by atoms with Gasteiger partial charge in [0.2, 0.25) is 0 Å². The predicted molar refractivity (Wildman–Crippen MR) is 74.4 cm³/mol. The van der Waals surface area contributed by atoms with Crippen molar-refractivity contribution < 1.29 is 19.0 Å². The molecular weight excluding hydrogens is 244 g/mol. The Bertz CT molecular complexity index is 411. The Morgan fingerprint density at radius 2 is 1.95 bits per heavy atom. The van der Waals surface area contributed by atoms with E-state index >= 15 is 0 Å². The van der Waals surface area contributed by atoms with E-state index in [1.165, 1.54) is 13.5 Å².